The lowest BCUT2D eigenvalue weighted by molar-refractivity contribution is -0.131. The highest BCUT2D eigenvalue weighted by molar-refractivity contribution is 5.93. The molecule has 3 aromatic rings. The summed E-state index contributed by atoms with van der Waals surface area (Å²) < 4.78 is 61.1. The van der Waals surface area contributed by atoms with Crippen molar-refractivity contribution >= 4 is 23.4 Å². The quantitative estimate of drug-likeness (QED) is 0.279. The van der Waals surface area contributed by atoms with Gasteiger partial charge in [0, 0.05) is 26.3 Å². The second-order valence-electron chi connectivity index (χ2n) is 11.1. The van der Waals surface area contributed by atoms with Gasteiger partial charge in [-0.15, -0.1) is 0 Å². The van der Waals surface area contributed by atoms with Crippen LogP contribution in [-0.2, 0) is 9.59 Å². The molecule has 1 fully saturated rings. The van der Waals surface area contributed by atoms with Crippen molar-refractivity contribution in [1.29, 1.82) is 0 Å². The molecule has 1 saturated carbocycles. The molecular formula is C27H34F4N8O4. The number of aryl methyl sites for hydroxylation is 1. The number of amides is 3. The van der Waals surface area contributed by atoms with Crippen molar-refractivity contribution in [3.63, 3.8) is 0 Å². The van der Waals surface area contributed by atoms with Crippen molar-refractivity contribution < 1.29 is 36.6 Å². The number of fused-ring (bicyclic) bond motifs is 1. The molecule has 43 heavy (non-hydrogen) atoms. The van der Waals surface area contributed by atoms with E-state index in [1.54, 1.807) is 13.8 Å². The lowest BCUT2D eigenvalue weighted by Gasteiger charge is -2.33. The SMILES string of the molecule is CNC(=O)C(NC(=O)C(CC(F)F)c1cnn2cc(C(NC(=O)c3nonc3C)C3CCC(F)(F)CC3)nc2c1)C(C)C. The minimum Gasteiger partial charge on any atom is -0.357 e. The summed E-state index contributed by atoms with van der Waals surface area (Å²) in [6.45, 7) is 4.96. The molecule has 3 aromatic heterocycles. The fourth-order valence-corrected chi connectivity index (χ4v) is 5.24. The molecule has 3 unspecified atom stereocenters. The van der Waals surface area contributed by atoms with Gasteiger partial charge in [-0.3, -0.25) is 14.4 Å². The Labute approximate surface area is 244 Å². The van der Waals surface area contributed by atoms with Gasteiger partial charge in [0.15, 0.2) is 11.3 Å². The zero-order valence-electron chi connectivity index (χ0n) is 24.1. The van der Waals surface area contributed by atoms with Crippen molar-refractivity contribution in [2.45, 2.75) is 83.2 Å². The minimum absolute atomic E-state index is 0.0624. The van der Waals surface area contributed by atoms with Gasteiger partial charge >= 0.3 is 0 Å². The second kappa shape index (κ2) is 13.0. The summed E-state index contributed by atoms with van der Waals surface area (Å²) in [7, 11) is 1.41. The van der Waals surface area contributed by atoms with Crippen LogP contribution in [0.2, 0.25) is 0 Å². The predicted molar refractivity (Wildman–Crippen MR) is 143 cm³/mol. The Morgan fingerprint density at radius 2 is 1.81 bits per heavy atom. The van der Waals surface area contributed by atoms with Crippen LogP contribution in [-0.4, -0.2) is 68.1 Å². The Kier molecular flexibility index (Phi) is 9.65. The third kappa shape index (κ3) is 7.46. The molecule has 234 valence electrons. The number of hydrogen-bond acceptors (Lipinski definition) is 8. The molecule has 0 spiro atoms. The summed E-state index contributed by atoms with van der Waals surface area (Å²) in [6, 6.07) is -0.333. The van der Waals surface area contributed by atoms with E-state index in [1.165, 1.54) is 36.9 Å². The Morgan fingerprint density at radius 1 is 1.12 bits per heavy atom. The number of carbonyl (C=O) groups is 3. The molecule has 0 aromatic carbocycles. The first-order valence-electron chi connectivity index (χ1n) is 13.9. The van der Waals surface area contributed by atoms with Gasteiger partial charge in [-0.1, -0.05) is 19.0 Å². The Balaban J connectivity index is 1.66. The highest BCUT2D eigenvalue weighted by atomic mass is 19.3. The first kappa shape index (κ1) is 31.8. The molecule has 3 atom stereocenters. The van der Waals surface area contributed by atoms with Crippen LogP contribution >= 0.6 is 0 Å². The number of imidazole rings is 1. The molecule has 3 N–H and O–H groups in total. The van der Waals surface area contributed by atoms with Crippen LogP contribution < -0.4 is 16.0 Å². The third-order valence-electron chi connectivity index (χ3n) is 7.69. The van der Waals surface area contributed by atoms with E-state index >= 15 is 0 Å². The Bertz CT molecular complexity index is 1450. The molecule has 0 bridgehead atoms. The standard InChI is InChI=1S/C27H34F4N8O4/c1-13(2)21(25(41)32-4)35-24(40)17(10-19(28)29)16-9-20-34-18(12-39(20)33-11-16)23(15-5-7-27(30,31)8-6-15)36-26(42)22-14(3)37-43-38-22/h9,11-13,15,17,19,21,23H,5-8,10H2,1-4H3,(H,32,41)(H,35,40)(H,36,42). The summed E-state index contributed by atoms with van der Waals surface area (Å²) >= 11 is 0. The fourth-order valence-electron chi connectivity index (χ4n) is 5.24. The number of aromatic nitrogens is 5. The van der Waals surface area contributed by atoms with Crippen molar-refractivity contribution in [3.05, 3.63) is 41.1 Å². The van der Waals surface area contributed by atoms with E-state index in [2.05, 4.69) is 41.0 Å². The summed E-state index contributed by atoms with van der Waals surface area (Å²) in [5.74, 6) is -6.72. The number of halogens is 4. The number of alkyl halides is 4. The number of likely N-dealkylation sites (N-methyl/N-ethyl adjacent to an activating group) is 1. The van der Waals surface area contributed by atoms with Crippen LogP contribution in [0.5, 0.6) is 0 Å². The zero-order valence-corrected chi connectivity index (χ0v) is 24.1. The van der Waals surface area contributed by atoms with E-state index < -0.39 is 60.4 Å². The fraction of sp³-hybridized carbons (Fsp3) is 0.593. The minimum atomic E-state index is -2.83. The smallest absolute Gasteiger partial charge is 0.276 e. The van der Waals surface area contributed by atoms with Crippen LogP contribution in [0.25, 0.3) is 5.65 Å². The number of nitrogens with one attached hydrogen (secondary N) is 3. The van der Waals surface area contributed by atoms with Crippen molar-refractivity contribution in [2.24, 2.45) is 11.8 Å². The molecule has 0 saturated heterocycles. The van der Waals surface area contributed by atoms with Crippen molar-refractivity contribution in [3.8, 4) is 0 Å². The lowest BCUT2D eigenvalue weighted by Crippen LogP contribution is -2.50. The summed E-state index contributed by atoms with van der Waals surface area (Å²) in [5.41, 5.74) is 0.812. The molecule has 3 amide bonds. The first-order chi connectivity index (χ1) is 20.3. The molecule has 12 nitrogen and oxygen atoms in total. The van der Waals surface area contributed by atoms with Gasteiger partial charge in [0.2, 0.25) is 24.2 Å². The highest BCUT2D eigenvalue weighted by Crippen LogP contribution is 2.41. The van der Waals surface area contributed by atoms with Crippen LogP contribution in [0.4, 0.5) is 17.6 Å². The summed E-state index contributed by atoms with van der Waals surface area (Å²) in [6.07, 6.45) is -1.39. The maximum Gasteiger partial charge on any atom is 0.276 e. The molecule has 3 heterocycles. The van der Waals surface area contributed by atoms with E-state index in [9.17, 15) is 31.9 Å². The van der Waals surface area contributed by atoms with E-state index in [4.69, 9.17) is 0 Å². The number of carbonyl (C=O) groups excluding carboxylic acids is 3. The van der Waals surface area contributed by atoms with Crippen molar-refractivity contribution in [2.75, 3.05) is 7.05 Å². The molecule has 4 rings (SSSR count). The van der Waals surface area contributed by atoms with E-state index in [1.807, 2.05) is 0 Å². The molecule has 1 aliphatic carbocycles. The molecule has 0 aliphatic heterocycles. The van der Waals surface area contributed by atoms with Gasteiger partial charge < -0.3 is 16.0 Å². The van der Waals surface area contributed by atoms with Crippen LogP contribution in [0, 0.1) is 18.8 Å². The summed E-state index contributed by atoms with van der Waals surface area (Å²) in [5, 5.41) is 19.3. The highest BCUT2D eigenvalue weighted by Gasteiger charge is 2.40. The van der Waals surface area contributed by atoms with E-state index in [0.717, 1.165) is 0 Å². The largest absolute Gasteiger partial charge is 0.357 e. The van der Waals surface area contributed by atoms with Crippen LogP contribution in [0.3, 0.4) is 0 Å². The molecule has 1 aliphatic rings. The van der Waals surface area contributed by atoms with Crippen LogP contribution in [0.1, 0.15) is 85.4 Å². The second-order valence-corrected chi connectivity index (χ2v) is 11.1. The zero-order chi connectivity index (χ0) is 31.5. The average molecular weight is 611 g/mol. The average Bonchev–Trinajstić information content (AvgIpc) is 3.58. The van der Waals surface area contributed by atoms with Gasteiger partial charge in [-0.05, 0) is 48.4 Å². The van der Waals surface area contributed by atoms with Crippen LogP contribution in [0.15, 0.2) is 23.1 Å². The first-order valence-corrected chi connectivity index (χ1v) is 13.9. The number of nitrogens with zero attached hydrogens (tertiary/aromatic N) is 5. The summed E-state index contributed by atoms with van der Waals surface area (Å²) in [4.78, 5) is 43.0. The number of rotatable bonds is 11. The monoisotopic (exact) mass is 610 g/mol. The Morgan fingerprint density at radius 3 is 2.40 bits per heavy atom. The maximum atomic E-state index is 14.0. The van der Waals surface area contributed by atoms with Gasteiger partial charge in [-0.25, -0.2) is 31.7 Å². The predicted octanol–water partition coefficient (Wildman–Crippen LogP) is 3.34. The lowest BCUT2D eigenvalue weighted by atomic mass is 9.81. The molecule has 0 radical (unpaired) electrons. The molecule has 16 heteroatoms. The molecular weight excluding hydrogens is 576 g/mol. The van der Waals surface area contributed by atoms with Gasteiger partial charge in [0.05, 0.1) is 30.0 Å². The van der Waals surface area contributed by atoms with Gasteiger partial charge in [-0.2, -0.15) is 5.10 Å². The van der Waals surface area contributed by atoms with Gasteiger partial charge in [0.1, 0.15) is 11.7 Å². The number of hydrogen-bond donors (Lipinski definition) is 3. The van der Waals surface area contributed by atoms with E-state index in [-0.39, 0.29) is 54.2 Å². The third-order valence-corrected chi connectivity index (χ3v) is 7.69. The Hall–Kier alpha value is -4.11. The van der Waals surface area contributed by atoms with E-state index in [0.29, 0.717) is 5.69 Å². The topological polar surface area (TPSA) is 156 Å². The van der Waals surface area contributed by atoms with Gasteiger partial charge in [0.25, 0.3) is 5.91 Å². The maximum absolute atomic E-state index is 14.0. The normalized spacial score (nSPS) is 17.5. The van der Waals surface area contributed by atoms with Crippen molar-refractivity contribution in [1.82, 2.24) is 40.9 Å².